The first-order valence-corrected chi connectivity index (χ1v) is 3.74. The molecule has 0 aromatic carbocycles. The third-order valence-corrected chi connectivity index (χ3v) is 1.26. The zero-order valence-electron chi connectivity index (χ0n) is 7.16. The molecular weight excluding hydrogens is 182 g/mol. The second-order valence-electron chi connectivity index (χ2n) is 2.23. The number of hydrogen-bond acceptors (Lipinski definition) is 4. The summed E-state index contributed by atoms with van der Waals surface area (Å²) in [7, 11) is 0. The van der Waals surface area contributed by atoms with Crippen molar-refractivity contribution in [3.05, 3.63) is 0 Å². The molecule has 0 saturated carbocycles. The molecule has 4 nitrogen and oxygen atoms in total. The number of nitrogens with two attached hydrogens (primary N) is 1. The highest BCUT2D eigenvalue weighted by Gasteiger charge is 2.06. The maximum Gasteiger partial charge on any atom is 0.305 e. The van der Waals surface area contributed by atoms with Crippen LogP contribution in [0.3, 0.4) is 0 Å². The number of rotatable bonds is 5. The second kappa shape index (κ2) is 8.77. The topological polar surface area (TPSA) is 72.5 Å². The molecule has 0 aliphatic rings. The lowest BCUT2D eigenvalue weighted by molar-refractivity contribution is -0.143. The van der Waals surface area contributed by atoms with E-state index in [0.717, 1.165) is 0 Å². The first-order valence-electron chi connectivity index (χ1n) is 3.74. The van der Waals surface area contributed by atoms with Crippen LogP contribution in [0.4, 0.5) is 0 Å². The van der Waals surface area contributed by atoms with Crippen LogP contribution in [0.2, 0.25) is 0 Å². The van der Waals surface area contributed by atoms with Crippen molar-refractivity contribution in [1.82, 2.24) is 0 Å². The summed E-state index contributed by atoms with van der Waals surface area (Å²) in [6.45, 7) is 2.33. The minimum Gasteiger partial charge on any atom is -0.466 e. The third-order valence-electron chi connectivity index (χ3n) is 1.26. The van der Waals surface area contributed by atoms with E-state index in [0.29, 0.717) is 13.0 Å². The Bertz CT molecular complexity index is 121. The van der Waals surface area contributed by atoms with Gasteiger partial charge in [0.2, 0.25) is 0 Å². The SMILES string of the molecule is CCOC(=O)CCC(O)CN.Cl. The fourth-order valence-corrected chi connectivity index (χ4v) is 0.635. The molecule has 0 aliphatic heterocycles. The highest BCUT2D eigenvalue weighted by atomic mass is 35.5. The van der Waals surface area contributed by atoms with Gasteiger partial charge in [-0.3, -0.25) is 4.79 Å². The summed E-state index contributed by atoms with van der Waals surface area (Å²) >= 11 is 0. The van der Waals surface area contributed by atoms with Gasteiger partial charge in [0.05, 0.1) is 12.7 Å². The highest BCUT2D eigenvalue weighted by molar-refractivity contribution is 5.85. The molecule has 0 aliphatic carbocycles. The van der Waals surface area contributed by atoms with Crippen LogP contribution >= 0.6 is 12.4 Å². The fourth-order valence-electron chi connectivity index (χ4n) is 0.635. The van der Waals surface area contributed by atoms with E-state index >= 15 is 0 Å². The fraction of sp³-hybridized carbons (Fsp3) is 0.857. The Labute approximate surface area is 78.5 Å². The average Bonchev–Trinajstić information content (AvgIpc) is 2.01. The maximum atomic E-state index is 10.7. The molecule has 5 heteroatoms. The minimum atomic E-state index is -0.584. The van der Waals surface area contributed by atoms with E-state index < -0.39 is 6.10 Å². The largest absolute Gasteiger partial charge is 0.466 e. The first-order chi connectivity index (χ1) is 5.20. The van der Waals surface area contributed by atoms with Crippen LogP contribution in [0, 0.1) is 0 Å². The number of aliphatic hydroxyl groups excluding tert-OH is 1. The molecule has 3 N–H and O–H groups in total. The normalized spacial score (nSPS) is 11.6. The van der Waals surface area contributed by atoms with E-state index in [1.54, 1.807) is 6.92 Å². The Hall–Kier alpha value is -0.320. The van der Waals surface area contributed by atoms with Gasteiger partial charge in [0.25, 0.3) is 0 Å². The number of carbonyl (C=O) groups excluding carboxylic acids is 1. The number of hydrogen-bond donors (Lipinski definition) is 2. The Balaban J connectivity index is 0. The second-order valence-corrected chi connectivity index (χ2v) is 2.23. The molecular formula is C7H16ClNO3. The summed E-state index contributed by atoms with van der Waals surface area (Å²) in [5.41, 5.74) is 5.13. The van der Waals surface area contributed by atoms with Gasteiger partial charge >= 0.3 is 5.97 Å². The van der Waals surface area contributed by atoms with Crippen molar-refractivity contribution < 1.29 is 14.6 Å². The summed E-state index contributed by atoms with van der Waals surface area (Å²) in [6, 6.07) is 0. The Morgan fingerprint density at radius 3 is 2.67 bits per heavy atom. The van der Waals surface area contributed by atoms with Crippen LogP contribution in [0.15, 0.2) is 0 Å². The lowest BCUT2D eigenvalue weighted by Gasteiger charge is -2.05. The van der Waals surface area contributed by atoms with E-state index in [4.69, 9.17) is 10.8 Å². The number of ether oxygens (including phenoxy) is 1. The zero-order valence-corrected chi connectivity index (χ0v) is 7.97. The predicted octanol–water partition coefficient (Wildman–Crippen LogP) is 0.0711. The molecule has 0 amide bonds. The molecule has 12 heavy (non-hydrogen) atoms. The van der Waals surface area contributed by atoms with Crippen LogP contribution in [-0.2, 0) is 9.53 Å². The molecule has 1 atom stereocenters. The molecule has 0 fully saturated rings. The molecule has 0 heterocycles. The molecule has 0 aromatic heterocycles. The van der Waals surface area contributed by atoms with Crippen molar-refractivity contribution in [3.8, 4) is 0 Å². The van der Waals surface area contributed by atoms with Gasteiger partial charge in [-0.2, -0.15) is 0 Å². The number of halogens is 1. The van der Waals surface area contributed by atoms with Crippen LogP contribution in [0.5, 0.6) is 0 Å². The molecule has 0 spiro atoms. The van der Waals surface area contributed by atoms with Gasteiger partial charge in [0.15, 0.2) is 0 Å². The molecule has 0 bridgehead atoms. The predicted molar refractivity (Wildman–Crippen MR) is 48.2 cm³/mol. The Morgan fingerprint density at radius 1 is 1.67 bits per heavy atom. The lowest BCUT2D eigenvalue weighted by Crippen LogP contribution is -2.21. The smallest absolute Gasteiger partial charge is 0.305 e. The van der Waals surface area contributed by atoms with Gasteiger partial charge in [-0.15, -0.1) is 12.4 Å². The van der Waals surface area contributed by atoms with Gasteiger partial charge in [-0.1, -0.05) is 0 Å². The molecule has 0 rings (SSSR count). The van der Waals surface area contributed by atoms with Crippen molar-refractivity contribution in [1.29, 1.82) is 0 Å². The summed E-state index contributed by atoms with van der Waals surface area (Å²) < 4.78 is 4.65. The van der Waals surface area contributed by atoms with Crippen molar-refractivity contribution >= 4 is 18.4 Å². The van der Waals surface area contributed by atoms with Crippen molar-refractivity contribution in [2.45, 2.75) is 25.9 Å². The maximum absolute atomic E-state index is 10.7. The molecule has 0 saturated heterocycles. The van der Waals surface area contributed by atoms with Crippen LogP contribution < -0.4 is 5.73 Å². The van der Waals surface area contributed by atoms with Crippen LogP contribution in [0.25, 0.3) is 0 Å². The van der Waals surface area contributed by atoms with Gasteiger partial charge in [0, 0.05) is 13.0 Å². The zero-order chi connectivity index (χ0) is 8.69. The first kappa shape index (κ1) is 14.2. The third kappa shape index (κ3) is 7.78. The number of esters is 1. The minimum absolute atomic E-state index is 0. The Morgan fingerprint density at radius 2 is 2.25 bits per heavy atom. The quantitative estimate of drug-likeness (QED) is 0.612. The monoisotopic (exact) mass is 197 g/mol. The molecule has 0 radical (unpaired) electrons. The number of carbonyl (C=O) groups is 1. The Kier molecular flexibility index (Phi) is 10.4. The van der Waals surface area contributed by atoms with E-state index in [-0.39, 0.29) is 31.3 Å². The van der Waals surface area contributed by atoms with Gasteiger partial charge < -0.3 is 15.6 Å². The van der Waals surface area contributed by atoms with Gasteiger partial charge in [-0.25, -0.2) is 0 Å². The van der Waals surface area contributed by atoms with E-state index in [2.05, 4.69) is 4.74 Å². The number of aliphatic hydroxyl groups is 1. The van der Waals surface area contributed by atoms with Gasteiger partial charge in [-0.05, 0) is 13.3 Å². The van der Waals surface area contributed by atoms with Crippen molar-refractivity contribution in [3.63, 3.8) is 0 Å². The standard InChI is InChI=1S/C7H15NO3.ClH/c1-2-11-7(10)4-3-6(9)5-8;/h6,9H,2-5,8H2,1H3;1H. The van der Waals surface area contributed by atoms with E-state index in [9.17, 15) is 4.79 Å². The van der Waals surface area contributed by atoms with Crippen molar-refractivity contribution in [2.24, 2.45) is 5.73 Å². The summed E-state index contributed by atoms with van der Waals surface area (Å²) in [4.78, 5) is 10.7. The summed E-state index contributed by atoms with van der Waals surface area (Å²) in [5.74, 6) is -0.278. The van der Waals surface area contributed by atoms with Crippen LogP contribution in [-0.4, -0.2) is 30.3 Å². The molecule has 1 unspecified atom stereocenters. The molecule has 0 aromatic rings. The van der Waals surface area contributed by atoms with Gasteiger partial charge in [0.1, 0.15) is 0 Å². The highest BCUT2D eigenvalue weighted by Crippen LogP contribution is 1.96. The average molecular weight is 198 g/mol. The van der Waals surface area contributed by atoms with Crippen molar-refractivity contribution in [2.75, 3.05) is 13.2 Å². The van der Waals surface area contributed by atoms with E-state index in [1.807, 2.05) is 0 Å². The van der Waals surface area contributed by atoms with E-state index in [1.165, 1.54) is 0 Å². The molecule has 74 valence electrons. The summed E-state index contributed by atoms with van der Waals surface area (Å²) in [5, 5.41) is 8.94. The lowest BCUT2D eigenvalue weighted by atomic mass is 10.2. The van der Waals surface area contributed by atoms with Crippen LogP contribution in [0.1, 0.15) is 19.8 Å². The summed E-state index contributed by atoms with van der Waals surface area (Å²) in [6.07, 6.45) is 0.0426.